The van der Waals surface area contributed by atoms with Gasteiger partial charge >= 0.3 is 0 Å². The van der Waals surface area contributed by atoms with Crippen LogP contribution in [0.25, 0.3) is 0 Å². The largest absolute Gasteiger partial charge is 0.384 e. The monoisotopic (exact) mass is 326 g/mol. The number of benzene rings is 1. The molecule has 0 aromatic heterocycles. The Labute approximate surface area is 131 Å². The number of sulfonamides is 1. The third-order valence-electron chi connectivity index (χ3n) is 4.24. The minimum atomic E-state index is -3.41. The first-order valence-electron chi connectivity index (χ1n) is 7.61. The predicted octanol–water partition coefficient (Wildman–Crippen LogP) is 2.61. The molecule has 6 heteroatoms. The number of rotatable bonds is 5. The van der Waals surface area contributed by atoms with Crippen LogP contribution in [-0.2, 0) is 16.4 Å². The normalized spacial score (nSPS) is 24.8. The first-order valence-corrected chi connectivity index (χ1v) is 10.1. The molecule has 1 aliphatic carbocycles. The van der Waals surface area contributed by atoms with Crippen molar-refractivity contribution in [1.82, 2.24) is 4.72 Å². The van der Waals surface area contributed by atoms with Gasteiger partial charge in [-0.05, 0) is 48.8 Å². The second-order valence-corrected chi connectivity index (χ2v) is 8.88. The molecule has 2 aliphatic rings. The molecular weight excluding hydrogens is 304 g/mol. The van der Waals surface area contributed by atoms with E-state index in [2.05, 4.69) is 17.0 Å². The number of hydrogen-bond acceptors (Lipinski definition) is 4. The van der Waals surface area contributed by atoms with Crippen molar-refractivity contribution in [2.75, 3.05) is 17.6 Å². The lowest BCUT2D eigenvalue weighted by Gasteiger charge is -2.20. The lowest BCUT2D eigenvalue weighted by Crippen LogP contribution is -2.38. The van der Waals surface area contributed by atoms with Crippen LogP contribution in [0.3, 0.4) is 0 Å². The first-order chi connectivity index (χ1) is 10.1. The molecule has 0 saturated heterocycles. The number of anilines is 1. The minimum Gasteiger partial charge on any atom is -0.384 e. The maximum absolute atomic E-state index is 12.6. The maximum atomic E-state index is 12.6. The Balaban J connectivity index is 1.77. The van der Waals surface area contributed by atoms with Gasteiger partial charge in [0.05, 0.1) is 4.90 Å². The maximum Gasteiger partial charge on any atom is 0.240 e. The second-order valence-electron chi connectivity index (χ2n) is 5.65. The molecule has 0 amide bonds. The van der Waals surface area contributed by atoms with Crippen molar-refractivity contribution in [3.05, 3.63) is 23.8 Å². The van der Waals surface area contributed by atoms with Crippen molar-refractivity contribution in [2.24, 2.45) is 0 Å². The van der Waals surface area contributed by atoms with Crippen molar-refractivity contribution in [3.8, 4) is 0 Å². The van der Waals surface area contributed by atoms with Gasteiger partial charge in [-0.25, -0.2) is 13.1 Å². The van der Waals surface area contributed by atoms with Crippen LogP contribution >= 0.6 is 11.8 Å². The van der Waals surface area contributed by atoms with Crippen LogP contribution in [0, 0.1) is 0 Å². The highest BCUT2D eigenvalue weighted by molar-refractivity contribution is 8.00. The van der Waals surface area contributed by atoms with Crippen LogP contribution in [0.4, 0.5) is 5.69 Å². The highest BCUT2D eigenvalue weighted by atomic mass is 32.2. The highest BCUT2D eigenvalue weighted by Gasteiger charge is 2.31. The summed E-state index contributed by atoms with van der Waals surface area (Å²) in [6.45, 7) is 3.02. The van der Waals surface area contributed by atoms with Gasteiger partial charge in [-0.15, -0.1) is 0 Å². The summed E-state index contributed by atoms with van der Waals surface area (Å²) >= 11 is 1.87. The van der Waals surface area contributed by atoms with E-state index >= 15 is 0 Å². The Morgan fingerprint density at radius 2 is 2.24 bits per heavy atom. The van der Waals surface area contributed by atoms with E-state index in [1.165, 1.54) is 0 Å². The number of thioether (sulfide) groups is 1. The summed E-state index contributed by atoms with van der Waals surface area (Å²) < 4.78 is 28.1. The SMILES string of the molecule is CCSC1CCCC1NS(=O)(=O)c1ccc2c(c1)CCN2. The second kappa shape index (κ2) is 6.18. The minimum absolute atomic E-state index is 0.0753. The molecule has 0 radical (unpaired) electrons. The van der Waals surface area contributed by atoms with E-state index in [-0.39, 0.29) is 6.04 Å². The van der Waals surface area contributed by atoms with Crippen LogP contribution < -0.4 is 10.0 Å². The van der Waals surface area contributed by atoms with Gasteiger partial charge in [-0.1, -0.05) is 13.3 Å². The molecule has 1 aliphatic heterocycles. The summed E-state index contributed by atoms with van der Waals surface area (Å²) in [4.78, 5) is 0.400. The molecular formula is C15H22N2O2S2. The molecule has 2 atom stereocenters. The molecule has 1 fully saturated rings. The van der Waals surface area contributed by atoms with Crippen LogP contribution in [0.2, 0.25) is 0 Å². The summed E-state index contributed by atoms with van der Waals surface area (Å²) in [5.74, 6) is 1.04. The zero-order valence-corrected chi connectivity index (χ0v) is 13.9. The Morgan fingerprint density at radius 1 is 1.38 bits per heavy atom. The molecule has 0 bridgehead atoms. The third-order valence-corrected chi connectivity index (χ3v) is 7.05. The zero-order valence-electron chi connectivity index (χ0n) is 12.3. The van der Waals surface area contributed by atoms with Crippen molar-refractivity contribution >= 4 is 27.5 Å². The lowest BCUT2D eigenvalue weighted by molar-refractivity contribution is 0.555. The first kappa shape index (κ1) is 15.2. The summed E-state index contributed by atoms with van der Waals surface area (Å²) in [7, 11) is -3.41. The van der Waals surface area contributed by atoms with Crippen LogP contribution in [-0.4, -0.2) is 32.0 Å². The van der Waals surface area contributed by atoms with Crippen LogP contribution in [0.15, 0.2) is 23.1 Å². The average molecular weight is 326 g/mol. The lowest BCUT2D eigenvalue weighted by atomic mass is 10.2. The fraction of sp³-hybridized carbons (Fsp3) is 0.600. The van der Waals surface area contributed by atoms with E-state index in [4.69, 9.17) is 0 Å². The predicted molar refractivity (Wildman–Crippen MR) is 88.5 cm³/mol. The van der Waals surface area contributed by atoms with E-state index in [0.29, 0.717) is 10.1 Å². The van der Waals surface area contributed by atoms with E-state index in [9.17, 15) is 8.42 Å². The Morgan fingerprint density at radius 3 is 3.05 bits per heavy atom. The average Bonchev–Trinajstić information content (AvgIpc) is 3.07. The molecule has 3 rings (SSSR count). The topological polar surface area (TPSA) is 58.2 Å². The smallest absolute Gasteiger partial charge is 0.240 e. The Bertz CT molecular complexity index is 616. The van der Waals surface area contributed by atoms with Gasteiger partial charge in [-0.2, -0.15) is 11.8 Å². The van der Waals surface area contributed by atoms with Gasteiger partial charge < -0.3 is 5.32 Å². The van der Waals surface area contributed by atoms with Gasteiger partial charge in [-0.3, -0.25) is 0 Å². The number of fused-ring (bicyclic) bond motifs is 1. The van der Waals surface area contributed by atoms with Gasteiger partial charge in [0.1, 0.15) is 0 Å². The fourth-order valence-electron chi connectivity index (χ4n) is 3.19. The fourth-order valence-corrected chi connectivity index (χ4v) is 5.84. The number of nitrogens with one attached hydrogen (secondary N) is 2. The standard InChI is InChI=1S/C15H22N2O2S2/c1-2-20-15-5-3-4-14(15)17-21(18,19)12-6-7-13-11(10-12)8-9-16-13/h6-7,10,14-17H,2-5,8-9H2,1H3. The van der Waals surface area contributed by atoms with Gasteiger partial charge in [0.25, 0.3) is 0 Å². The van der Waals surface area contributed by atoms with Crippen LogP contribution in [0.5, 0.6) is 0 Å². The molecule has 116 valence electrons. The van der Waals surface area contributed by atoms with Gasteiger partial charge in [0.2, 0.25) is 10.0 Å². The molecule has 1 aromatic rings. The van der Waals surface area contributed by atoms with E-state index < -0.39 is 10.0 Å². The summed E-state index contributed by atoms with van der Waals surface area (Å²) in [6.07, 6.45) is 4.07. The van der Waals surface area contributed by atoms with E-state index in [0.717, 1.165) is 49.2 Å². The molecule has 2 N–H and O–H groups in total. The Kier molecular flexibility index (Phi) is 4.47. The van der Waals surface area contributed by atoms with Crippen LogP contribution in [0.1, 0.15) is 31.7 Å². The molecule has 4 nitrogen and oxygen atoms in total. The molecule has 2 unspecified atom stereocenters. The summed E-state index contributed by atoms with van der Waals surface area (Å²) in [5, 5.41) is 3.67. The van der Waals surface area contributed by atoms with Crippen molar-refractivity contribution < 1.29 is 8.42 Å². The van der Waals surface area contributed by atoms with Crippen molar-refractivity contribution in [3.63, 3.8) is 0 Å². The molecule has 1 aromatic carbocycles. The highest BCUT2D eigenvalue weighted by Crippen LogP contribution is 2.31. The molecule has 0 spiro atoms. The summed E-state index contributed by atoms with van der Waals surface area (Å²) in [5.41, 5.74) is 2.16. The third kappa shape index (κ3) is 3.22. The quantitative estimate of drug-likeness (QED) is 0.873. The zero-order chi connectivity index (χ0) is 14.9. The van der Waals surface area contributed by atoms with Gasteiger partial charge in [0.15, 0.2) is 0 Å². The molecule has 1 heterocycles. The molecule has 21 heavy (non-hydrogen) atoms. The van der Waals surface area contributed by atoms with Gasteiger partial charge in [0, 0.05) is 23.5 Å². The van der Waals surface area contributed by atoms with E-state index in [1.807, 2.05) is 23.9 Å². The van der Waals surface area contributed by atoms with E-state index in [1.54, 1.807) is 6.07 Å². The summed E-state index contributed by atoms with van der Waals surface area (Å²) in [6, 6.07) is 5.47. The Hall–Kier alpha value is -0.720. The number of hydrogen-bond donors (Lipinski definition) is 2. The molecule has 1 saturated carbocycles. The van der Waals surface area contributed by atoms with Crippen molar-refractivity contribution in [1.29, 1.82) is 0 Å². The van der Waals surface area contributed by atoms with Crippen molar-refractivity contribution in [2.45, 2.75) is 48.8 Å².